The molecule has 9 heteroatoms. The van der Waals surface area contributed by atoms with E-state index in [0.717, 1.165) is 72.9 Å². The predicted molar refractivity (Wildman–Crippen MR) is 166 cm³/mol. The maximum Gasteiger partial charge on any atom is 2.00 e. The smallest absolute Gasteiger partial charge is 0.744 e. The first-order chi connectivity index (χ1) is 18.9. The van der Waals surface area contributed by atoms with Gasteiger partial charge in [0, 0.05) is 0 Å². The van der Waals surface area contributed by atoms with Crippen LogP contribution in [0.25, 0.3) is 21.5 Å². The standard InChI is InChI=1S/2C16H20O3S.Ca/c2*1-3-5-12-7-8-13-9-10-14(20(17,18)19)11-16(13)15(12)6-4-2;/h2*7-11H,3-6H2,1-2H3,(H,17,18,19);/q;;+2/p-2. The van der Waals surface area contributed by atoms with Crippen LogP contribution in [0.5, 0.6) is 0 Å². The van der Waals surface area contributed by atoms with E-state index >= 15 is 0 Å². The molecule has 0 aliphatic heterocycles. The number of benzene rings is 4. The molecule has 216 valence electrons. The van der Waals surface area contributed by atoms with Crippen molar-refractivity contribution in [1.29, 1.82) is 0 Å². The van der Waals surface area contributed by atoms with Crippen LogP contribution in [0.4, 0.5) is 0 Å². The van der Waals surface area contributed by atoms with E-state index in [4.69, 9.17) is 0 Å². The SMILES string of the molecule is CCCc1ccc2ccc(S(=O)(=O)[O-])cc2c1CCC.CCCc1ccc2ccc(S(=O)(=O)[O-])cc2c1CCC.[Ca+2]. The van der Waals surface area contributed by atoms with Crippen LogP contribution in [0.2, 0.25) is 0 Å². The van der Waals surface area contributed by atoms with Crippen LogP contribution in [-0.2, 0) is 45.9 Å². The van der Waals surface area contributed by atoms with E-state index in [9.17, 15) is 25.9 Å². The van der Waals surface area contributed by atoms with E-state index < -0.39 is 20.2 Å². The molecule has 0 N–H and O–H groups in total. The average Bonchev–Trinajstić information content (AvgIpc) is 2.90. The Bertz CT molecular complexity index is 1570. The molecule has 0 spiro atoms. The van der Waals surface area contributed by atoms with Crippen LogP contribution in [-0.4, -0.2) is 63.7 Å². The van der Waals surface area contributed by atoms with E-state index in [1.165, 1.54) is 46.5 Å². The van der Waals surface area contributed by atoms with Gasteiger partial charge in [-0.2, -0.15) is 0 Å². The minimum Gasteiger partial charge on any atom is -0.744 e. The van der Waals surface area contributed by atoms with Gasteiger partial charge in [0.05, 0.1) is 9.79 Å². The molecule has 4 rings (SSSR count). The van der Waals surface area contributed by atoms with Gasteiger partial charge in [-0.25, -0.2) is 16.8 Å². The first kappa shape index (κ1) is 35.7. The van der Waals surface area contributed by atoms with Gasteiger partial charge in [-0.15, -0.1) is 0 Å². The molecule has 4 aromatic rings. The molecular formula is C32H38CaO6S2. The zero-order valence-corrected chi connectivity index (χ0v) is 28.2. The second-order valence-electron chi connectivity index (χ2n) is 10.1. The second kappa shape index (κ2) is 15.8. The summed E-state index contributed by atoms with van der Waals surface area (Å²) in [6, 6.07) is 17.5. The Hall–Kier alpha value is -1.52. The summed E-state index contributed by atoms with van der Waals surface area (Å²) in [6.07, 6.45) is 7.81. The van der Waals surface area contributed by atoms with Crippen LogP contribution in [0, 0.1) is 0 Å². The molecule has 0 aliphatic rings. The van der Waals surface area contributed by atoms with E-state index in [2.05, 4.69) is 39.8 Å². The first-order valence-electron chi connectivity index (χ1n) is 13.9. The third-order valence-corrected chi connectivity index (χ3v) is 8.68. The fourth-order valence-corrected chi connectivity index (χ4v) is 6.21. The summed E-state index contributed by atoms with van der Waals surface area (Å²) in [5.74, 6) is 0. The number of aryl methyl sites for hydroxylation is 4. The van der Waals surface area contributed by atoms with Crippen LogP contribution < -0.4 is 0 Å². The van der Waals surface area contributed by atoms with E-state index in [1.54, 1.807) is 12.1 Å². The van der Waals surface area contributed by atoms with Crippen LogP contribution in [0.3, 0.4) is 0 Å². The van der Waals surface area contributed by atoms with Gasteiger partial charge in [-0.3, -0.25) is 0 Å². The molecule has 0 fully saturated rings. The molecule has 0 saturated carbocycles. The Balaban J connectivity index is 0.000000280. The largest absolute Gasteiger partial charge is 2.00 e. The Morgan fingerprint density at radius 3 is 1.12 bits per heavy atom. The fourth-order valence-electron chi connectivity index (χ4n) is 5.22. The van der Waals surface area contributed by atoms with Crippen molar-refractivity contribution in [2.45, 2.75) is 88.9 Å². The third kappa shape index (κ3) is 9.23. The van der Waals surface area contributed by atoms with E-state index in [0.29, 0.717) is 0 Å². The fraction of sp³-hybridized carbons (Fsp3) is 0.375. The molecule has 0 heterocycles. The number of hydrogen-bond acceptors (Lipinski definition) is 6. The maximum atomic E-state index is 11.2. The van der Waals surface area contributed by atoms with E-state index in [1.807, 2.05) is 12.1 Å². The summed E-state index contributed by atoms with van der Waals surface area (Å²) in [5.41, 5.74) is 4.86. The molecule has 0 radical (unpaired) electrons. The average molecular weight is 623 g/mol. The van der Waals surface area contributed by atoms with Gasteiger partial charge in [-0.1, -0.05) is 89.8 Å². The minimum atomic E-state index is -4.40. The normalized spacial score (nSPS) is 11.7. The van der Waals surface area contributed by atoms with Crippen molar-refractivity contribution in [1.82, 2.24) is 0 Å². The van der Waals surface area contributed by atoms with Crippen molar-refractivity contribution >= 4 is 79.5 Å². The van der Waals surface area contributed by atoms with E-state index in [-0.39, 0.29) is 47.5 Å². The monoisotopic (exact) mass is 622 g/mol. The van der Waals surface area contributed by atoms with Gasteiger partial charge in [0.1, 0.15) is 20.2 Å². The van der Waals surface area contributed by atoms with Crippen molar-refractivity contribution in [3.8, 4) is 0 Å². The minimum absolute atomic E-state index is 0. The first-order valence-corrected chi connectivity index (χ1v) is 16.8. The van der Waals surface area contributed by atoms with Gasteiger partial charge in [0.2, 0.25) is 0 Å². The summed E-state index contributed by atoms with van der Waals surface area (Å²) in [5, 5.41) is 3.77. The number of hydrogen-bond donors (Lipinski definition) is 0. The molecule has 4 aromatic carbocycles. The maximum absolute atomic E-state index is 11.2. The molecule has 0 amide bonds. The molecule has 0 aliphatic carbocycles. The molecule has 41 heavy (non-hydrogen) atoms. The summed E-state index contributed by atoms with van der Waals surface area (Å²) < 4.78 is 67.2. The molecular weight excluding hydrogens is 585 g/mol. The van der Waals surface area contributed by atoms with Crippen molar-refractivity contribution < 1.29 is 25.9 Å². The molecule has 0 bridgehead atoms. The van der Waals surface area contributed by atoms with Crippen molar-refractivity contribution in [3.63, 3.8) is 0 Å². The molecule has 0 atom stereocenters. The summed E-state index contributed by atoms with van der Waals surface area (Å²) >= 11 is 0. The number of rotatable bonds is 10. The predicted octanol–water partition coefficient (Wildman–Crippen LogP) is 6.92. The molecule has 0 unspecified atom stereocenters. The Labute approximate surface area is 275 Å². The Kier molecular flexibility index (Phi) is 13.8. The van der Waals surface area contributed by atoms with Gasteiger partial charge in [-0.05, 0) is 93.7 Å². The molecule has 0 aromatic heterocycles. The quantitative estimate of drug-likeness (QED) is 0.140. The van der Waals surface area contributed by atoms with Crippen molar-refractivity contribution in [3.05, 3.63) is 82.9 Å². The Morgan fingerprint density at radius 1 is 0.512 bits per heavy atom. The van der Waals surface area contributed by atoms with Gasteiger partial charge < -0.3 is 9.11 Å². The molecule has 6 nitrogen and oxygen atoms in total. The summed E-state index contributed by atoms with van der Waals surface area (Å²) in [4.78, 5) is -0.285. The zero-order valence-electron chi connectivity index (χ0n) is 24.4. The Morgan fingerprint density at radius 2 is 0.829 bits per heavy atom. The second-order valence-corrected chi connectivity index (χ2v) is 12.8. The third-order valence-electron chi connectivity index (χ3n) is 7.02. The van der Waals surface area contributed by atoms with Crippen molar-refractivity contribution in [2.24, 2.45) is 0 Å². The van der Waals surface area contributed by atoms with Crippen molar-refractivity contribution in [2.75, 3.05) is 0 Å². The number of fused-ring (bicyclic) bond motifs is 2. The van der Waals surface area contributed by atoms with Gasteiger partial charge >= 0.3 is 37.7 Å². The summed E-state index contributed by atoms with van der Waals surface area (Å²) in [6.45, 7) is 8.45. The summed E-state index contributed by atoms with van der Waals surface area (Å²) in [7, 11) is -8.80. The topological polar surface area (TPSA) is 114 Å². The molecule has 0 saturated heterocycles. The van der Waals surface area contributed by atoms with Gasteiger partial charge in [0.25, 0.3) is 0 Å². The van der Waals surface area contributed by atoms with Crippen LogP contribution in [0.1, 0.15) is 75.6 Å². The van der Waals surface area contributed by atoms with Crippen LogP contribution >= 0.6 is 0 Å². The van der Waals surface area contributed by atoms with Crippen LogP contribution in [0.15, 0.2) is 70.5 Å². The zero-order chi connectivity index (χ0) is 29.5. The van der Waals surface area contributed by atoms with Gasteiger partial charge in [0.15, 0.2) is 0 Å².